The van der Waals surface area contributed by atoms with Gasteiger partial charge in [-0.25, -0.2) is 0 Å². The summed E-state index contributed by atoms with van der Waals surface area (Å²) in [6.07, 6.45) is 8.10. The van der Waals surface area contributed by atoms with E-state index in [9.17, 15) is 4.79 Å². The van der Waals surface area contributed by atoms with E-state index in [-0.39, 0.29) is 11.7 Å². The summed E-state index contributed by atoms with van der Waals surface area (Å²) < 4.78 is 10.7. The molecule has 4 heteroatoms. The molecule has 0 bridgehead atoms. The third kappa shape index (κ3) is 3.68. The standard InChI is InChI=1S/C24H25NO3/c1-27-22-14-19-13-20(24(26)21(19)15-23(22)28-2)12-17-8-10-25(11-9-17)16-18-6-4-3-5-7-18/h3-8,10,12,14-15,20H,9,11,13,16H2,1-2H3/b17-12+/t20-/m1/s1. The molecule has 4 rings (SSSR count). The second kappa shape index (κ2) is 7.93. The van der Waals surface area contributed by atoms with Crippen molar-refractivity contribution in [1.29, 1.82) is 0 Å². The van der Waals surface area contributed by atoms with Crippen LogP contribution in [0.3, 0.4) is 0 Å². The second-order valence-corrected chi connectivity index (χ2v) is 7.30. The molecule has 1 aliphatic carbocycles. The highest BCUT2D eigenvalue weighted by Gasteiger charge is 2.31. The van der Waals surface area contributed by atoms with Crippen LogP contribution in [0.1, 0.15) is 27.9 Å². The van der Waals surface area contributed by atoms with Gasteiger partial charge >= 0.3 is 0 Å². The number of fused-ring (bicyclic) bond motifs is 1. The summed E-state index contributed by atoms with van der Waals surface area (Å²) in [4.78, 5) is 15.2. The summed E-state index contributed by atoms with van der Waals surface area (Å²) in [5.74, 6) is 1.35. The molecular formula is C24H25NO3. The average Bonchev–Trinajstić information content (AvgIpc) is 3.03. The van der Waals surface area contributed by atoms with Crippen LogP contribution < -0.4 is 9.47 Å². The summed E-state index contributed by atoms with van der Waals surface area (Å²) in [6.45, 7) is 1.88. The number of ether oxygens (including phenoxy) is 2. The summed E-state index contributed by atoms with van der Waals surface area (Å²) in [5.41, 5.74) is 4.33. The van der Waals surface area contributed by atoms with E-state index in [0.717, 1.165) is 37.1 Å². The van der Waals surface area contributed by atoms with Crippen molar-refractivity contribution in [3.63, 3.8) is 0 Å². The zero-order chi connectivity index (χ0) is 19.5. The fourth-order valence-electron chi connectivity index (χ4n) is 3.96. The number of benzene rings is 2. The molecule has 144 valence electrons. The van der Waals surface area contributed by atoms with Gasteiger partial charge in [0.2, 0.25) is 0 Å². The highest BCUT2D eigenvalue weighted by molar-refractivity contribution is 6.04. The summed E-state index contributed by atoms with van der Waals surface area (Å²) in [7, 11) is 3.21. The molecule has 0 amide bonds. The SMILES string of the molecule is COc1cc2c(cc1OC)C(=O)[C@H](/C=C1\C=CN(Cc3ccccc3)CC1)C2. The van der Waals surface area contributed by atoms with Crippen molar-refractivity contribution in [3.8, 4) is 11.5 Å². The van der Waals surface area contributed by atoms with E-state index in [1.807, 2.05) is 18.2 Å². The molecule has 1 aliphatic heterocycles. The lowest BCUT2D eigenvalue weighted by molar-refractivity contribution is 0.0959. The molecule has 0 radical (unpaired) electrons. The normalized spacial score (nSPS) is 19.8. The first kappa shape index (κ1) is 18.4. The first-order valence-electron chi connectivity index (χ1n) is 9.64. The number of hydrogen-bond acceptors (Lipinski definition) is 4. The number of rotatable bonds is 5. The monoisotopic (exact) mass is 375 g/mol. The third-order valence-corrected chi connectivity index (χ3v) is 5.48. The molecule has 1 atom stereocenters. The minimum atomic E-state index is -0.105. The van der Waals surface area contributed by atoms with Gasteiger partial charge in [0, 0.05) is 24.6 Å². The lowest BCUT2D eigenvalue weighted by Gasteiger charge is -2.25. The number of allylic oxidation sites excluding steroid dienone is 2. The van der Waals surface area contributed by atoms with Crippen molar-refractivity contribution in [2.24, 2.45) is 5.92 Å². The zero-order valence-corrected chi connectivity index (χ0v) is 16.4. The molecule has 2 aliphatic rings. The van der Waals surface area contributed by atoms with E-state index in [0.29, 0.717) is 11.5 Å². The Balaban J connectivity index is 1.46. The molecule has 0 spiro atoms. The van der Waals surface area contributed by atoms with Gasteiger partial charge in [0.15, 0.2) is 17.3 Å². The van der Waals surface area contributed by atoms with E-state index in [1.165, 1.54) is 11.1 Å². The van der Waals surface area contributed by atoms with Gasteiger partial charge in [0.25, 0.3) is 0 Å². The highest BCUT2D eigenvalue weighted by atomic mass is 16.5. The Hall–Kier alpha value is -3.01. The van der Waals surface area contributed by atoms with Crippen molar-refractivity contribution in [2.75, 3.05) is 20.8 Å². The molecule has 0 saturated heterocycles. The lowest BCUT2D eigenvalue weighted by Crippen LogP contribution is -2.21. The number of methoxy groups -OCH3 is 2. The van der Waals surface area contributed by atoms with Crippen LogP contribution in [0.4, 0.5) is 0 Å². The topological polar surface area (TPSA) is 38.8 Å². The predicted octanol–water partition coefficient (Wildman–Crippen LogP) is 4.40. The van der Waals surface area contributed by atoms with Gasteiger partial charge in [-0.05, 0) is 54.0 Å². The quantitative estimate of drug-likeness (QED) is 0.776. The van der Waals surface area contributed by atoms with Crippen LogP contribution >= 0.6 is 0 Å². The minimum Gasteiger partial charge on any atom is -0.493 e. The minimum absolute atomic E-state index is 0.105. The van der Waals surface area contributed by atoms with Gasteiger partial charge in [0.1, 0.15) is 0 Å². The average molecular weight is 375 g/mol. The lowest BCUT2D eigenvalue weighted by atomic mass is 9.98. The van der Waals surface area contributed by atoms with E-state index in [4.69, 9.17) is 9.47 Å². The summed E-state index contributed by atoms with van der Waals surface area (Å²) in [5, 5.41) is 0. The van der Waals surface area contributed by atoms with Crippen LogP contribution in [0.15, 0.2) is 66.4 Å². The fraction of sp³-hybridized carbons (Fsp3) is 0.292. The van der Waals surface area contributed by atoms with Crippen LogP contribution in [0.25, 0.3) is 0 Å². The van der Waals surface area contributed by atoms with E-state index in [1.54, 1.807) is 14.2 Å². The Morgan fingerprint density at radius 3 is 2.54 bits per heavy atom. The predicted molar refractivity (Wildman–Crippen MR) is 110 cm³/mol. The van der Waals surface area contributed by atoms with Crippen molar-refractivity contribution in [3.05, 3.63) is 83.1 Å². The zero-order valence-electron chi connectivity index (χ0n) is 16.4. The van der Waals surface area contributed by atoms with Gasteiger partial charge in [-0.2, -0.15) is 0 Å². The van der Waals surface area contributed by atoms with E-state index < -0.39 is 0 Å². The Kier molecular flexibility index (Phi) is 5.20. The van der Waals surface area contributed by atoms with Crippen LogP contribution in [-0.4, -0.2) is 31.4 Å². The molecule has 0 saturated carbocycles. The molecular weight excluding hydrogens is 350 g/mol. The maximum Gasteiger partial charge on any atom is 0.170 e. The fourth-order valence-corrected chi connectivity index (χ4v) is 3.96. The largest absolute Gasteiger partial charge is 0.493 e. The number of hydrogen-bond donors (Lipinski definition) is 0. The van der Waals surface area contributed by atoms with Crippen molar-refractivity contribution >= 4 is 5.78 Å². The summed E-state index contributed by atoms with van der Waals surface area (Å²) >= 11 is 0. The Morgan fingerprint density at radius 1 is 1.11 bits per heavy atom. The number of carbonyl (C=O) groups excluding carboxylic acids is 1. The van der Waals surface area contributed by atoms with Crippen LogP contribution in [0.2, 0.25) is 0 Å². The molecule has 0 fully saturated rings. The maximum atomic E-state index is 12.9. The van der Waals surface area contributed by atoms with Gasteiger partial charge in [-0.1, -0.05) is 36.4 Å². The van der Waals surface area contributed by atoms with Crippen LogP contribution in [0.5, 0.6) is 11.5 Å². The highest BCUT2D eigenvalue weighted by Crippen LogP contribution is 2.37. The molecule has 0 N–H and O–H groups in total. The molecule has 2 aromatic carbocycles. The van der Waals surface area contributed by atoms with Crippen molar-refractivity contribution < 1.29 is 14.3 Å². The first-order valence-corrected chi connectivity index (χ1v) is 9.64. The van der Waals surface area contributed by atoms with Gasteiger partial charge in [0.05, 0.1) is 14.2 Å². The first-order chi connectivity index (χ1) is 13.7. The van der Waals surface area contributed by atoms with Gasteiger partial charge in [-0.15, -0.1) is 0 Å². The maximum absolute atomic E-state index is 12.9. The second-order valence-electron chi connectivity index (χ2n) is 7.30. The van der Waals surface area contributed by atoms with Crippen molar-refractivity contribution in [2.45, 2.75) is 19.4 Å². The van der Waals surface area contributed by atoms with E-state index >= 15 is 0 Å². The molecule has 1 heterocycles. The third-order valence-electron chi connectivity index (χ3n) is 5.48. The van der Waals surface area contributed by atoms with Gasteiger partial charge in [-0.3, -0.25) is 4.79 Å². The Morgan fingerprint density at radius 2 is 1.86 bits per heavy atom. The summed E-state index contributed by atoms with van der Waals surface area (Å²) in [6, 6.07) is 14.2. The van der Waals surface area contributed by atoms with Crippen LogP contribution in [0, 0.1) is 5.92 Å². The van der Waals surface area contributed by atoms with Gasteiger partial charge < -0.3 is 14.4 Å². The number of Topliss-reactive ketones (excluding diaryl/α,β-unsaturated/α-hetero) is 1. The number of ketones is 1. The molecule has 0 aromatic heterocycles. The molecule has 2 aromatic rings. The Labute approximate surface area is 166 Å². The number of nitrogens with zero attached hydrogens (tertiary/aromatic N) is 1. The smallest absolute Gasteiger partial charge is 0.170 e. The van der Waals surface area contributed by atoms with Crippen molar-refractivity contribution in [1.82, 2.24) is 4.90 Å². The van der Waals surface area contributed by atoms with Crippen LogP contribution in [-0.2, 0) is 13.0 Å². The van der Waals surface area contributed by atoms with E-state index in [2.05, 4.69) is 47.5 Å². The molecule has 4 nitrogen and oxygen atoms in total. The molecule has 28 heavy (non-hydrogen) atoms. The Bertz CT molecular complexity index is 930. The molecule has 0 unspecified atom stereocenters. The number of carbonyl (C=O) groups is 1.